The first kappa shape index (κ1) is 44.2. The number of piperidine rings is 1. The molecule has 0 aliphatic carbocycles. The minimum atomic E-state index is -0.424. The highest BCUT2D eigenvalue weighted by molar-refractivity contribution is 5.99. The van der Waals surface area contributed by atoms with Crippen molar-refractivity contribution < 1.29 is 18.7 Å². The van der Waals surface area contributed by atoms with Crippen LogP contribution in [0.1, 0.15) is 103 Å². The van der Waals surface area contributed by atoms with Crippen LogP contribution in [0.4, 0.5) is 4.39 Å². The number of likely N-dealkylation sites (tertiary alicyclic amines) is 2. The molecule has 0 bridgehead atoms. The minimum Gasteiger partial charge on any atom is -0.501 e. The highest BCUT2D eigenvalue weighted by Gasteiger charge is 2.39. The van der Waals surface area contributed by atoms with Gasteiger partial charge in [0.1, 0.15) is 5.82 Å². The first-order chi connectivity index (χ1) is 23.0. The third kappa shape index (κ3) is 15.4. The monoisotopic (exact) mass is 666 g/mol. The number of carbonyl (C=O) groups excluding carboxylic acids is 2. The number of hydrogen-bond donors (Lipinski definition) is 1. The Labute approximate surface area is 291 Å². The van der Waals surface area contributed by atoms with E-state index in [-0.39, 0.29) is 17.3 Å². The van der Waals surface area contributed by atoms with Crippen molar-refractivity contribution >= 4 is 17.4 Å². The number of carbonyl (C=O) groups is 2. The number of halogens is 1. The second kappa shape index (κ2) is 25.3. The Bertz CT molecular complexity index is 1280. The molecule has 48 heavy (non-hydrogen) atoms. The quantitative estimate of drug-likeness (QED) is 0.0458. The van der Waals surface area contributed by atoms with E-state index in [0.717, 1.165) is 73.4 Å². The summed E-state index contributed by atoms with van der Waals surface area (Å²) in [6.07, 6.45) is 15.0. The number of hydrogen-bond acceptors (Lipinski definition) is 6. The first-order valence-electron chi connectivity index (χ1n) is 17.4. The number of Topliss-reactive ketones (excluding diaryl/α,β-unsaturated/α-hetero) is 1. The Kier molecular flexibility index (Phi) is 23.3. The van der Waals surface area contributed by atoms with Gasteiger partial charge in [0.25, 0.3) is 5.91 Å². The minimum absolute atomic E-state index is 0.0971. The molecule has 7 nitrogen and oxygen atoms in total. The Morgan fingerprint density at radius 1 is 1.06 bits per heavy atom. The number of ketones is 1. The van der Waals surface area contributed by atoms with Gasteiger partial charge in [-0.25, -0.2) is 4.39 Å². The molecular formula is C40H63FN4O3. The molecule has 0 spiro atoms. The number of methoxy groups -OCH3 is 1. The van der Waals surface area contributed by atoms with Gasteiger partial charge in [-0.15, -0.1) is 6.58 Å². The van der Waals surface area contributed by atoms with Gasteiger partial charge in [0, 0.05) is 37.8 Å². The number of rotatable bonds is 12. The Morgan fingerprint density at radius 3 is 2.25 bits per heavy atom. The van der Waals surface area contributed by atoms with Gasteiger partial charge in [-0.05, 0) is 100 Å². The van der Waals surface area contributed by atoms with E-state index in [0.29, 0.717) is 31.5 Å². The van der Waals surface area contributed by atoms with E-state index < -0.39 is 5.82 Å². The van der Waals surface area contributed by atoms with Crippen molar-refractivity contribution in [3.63, 3.8) is 0 Å². The Hall–Kier alpha value is -3.78. The predicted molar refractivity (Wildman–Crippen MR) is 202 cm³/mol. The molecule has 0 aromatic heterocycles. The summed E-state index contributed by atoms with van der Waals surface area (Å²) in [5.41, 5.74) is 3.93. The zero-order valence-electron chi connectivity index (χ0n) is 31.3. The van der Waals surface area contributed by atoms with Crippen molar-refractivity contribution in [1.82, 2.24) is 9.80 Å². The Morgan fingerprint density at radius 2 is 1.73 bits per heavy atom. The molecule has 2 saturated heterocycles. The van der Waals surface area contributed by atoms with Crippen LogP contribution in [0.15, 0.2) is 83.7 Å². The van der Waals surface area contributed by atoms with Gasteiger partial charge in [-0.3, -0.25) is 14.5 Å². The molecule has 1 aromatic carbocycles. The molecule has 8 heteroatoms. The van der Waals surface area contributed by atoms with Gasteiger partial charge < -0.3 is 15.5 Å². The molecule has 2 N–H and O–H groups in total. The van der Waals surface area contributed by atoms with E-state index in [4.69, 9.17) is 10.6 Å². The van der Waals surface area contributed by atoms with E-state index in [2.05, 4.69) is 36.2 Å². The van der Waals surface area contributed by atoms with Crippen LogP contribution in [-0.4, -0.2) is 66.5 Å². The fourth-order valence-corrected chi connectivity index (χ4v) is 5.41. The lowest BCUT2D eigenvalue weighted by Gasteiger charge is -2.38. The first-order valence-corrected chi connectivity index (χ1v) is 17.4. The average molecular weight is 667 g/mol. The molecule has 0 saturated carbocycles. The molecule has 2 atom stereocenters. The summed E-state index contributed by atoms with van der Waals surface area (Å²) in [7, 11) is 1.66. The largest absolute Gasteiger partial charge is 0.501 e. The summed E-state index contributed by atoms with van der Waals surface area (Å²) in [4.78, 5) is 28.4. The lowest BCUT2D eigenvalue weighted by atomic mass is 9.92. The molecule has 2 aliphatic heterocycles. The van der Waals surface area contributed by atoms with Gasteiger partial charge in [-0.2, -0.15) is 5.10 Å². The van der Waals surface area contributed by atoms with Crippen molar-refractivity contribution in [2.24, 2.45) is 16.9 Å². The maximum Gasteiger partial charge on any atom is 0.256 e. The molecule has 2 unspecified atom stereocenters. The van der Waals surface area contributed by atoms with Gasteiger partial charge >= 0.3 is 0 Å². The van der Waals surface area contributed by atoms with Crippen molar-refractivity contribution in [3.05, 3.63) is 95.6 Å². The van der Waals surface area contributed by atoms with E-state index in [9.17, 15) is 14.0 Å². The van der Waals surface area contributed by atoms with Crippen LogP contribution in [0.2, 0.25) is 0 Å². The van der Waals surface area contributed by atoms with Crippen molar-refractivity contribution in [1.29, 1.82) is 0 Å². The molecule has 2 fully saturated rings. The van der Waals surface area contributed by atoms with Crippen LogP contribution in [0.25, 0.3) is 0 Å². The lowest BCUT2D eigenvalue weighted by molar-refractivity contribution is -0.113. The number of fused-ring (bicyclic) bond motifs is 1. The van der Waals surface area contributed by atoms with Gasteiger partial charge in [0.05, 0.1) is 18.4 Å². The molecule has 268 valence electrons. The van der Waals surface area contributed by atoms with E-state index >= 15 is 0 Å². The number of amides is 1. The average Bonchev–Trinajstić information content (AvgIpc) is 3.52. The summed E-state index contributed by atoms with van der Waals surface area (Å²) in [6, 6.07) is 5.33. The fourth-order valence-electron chi connectivity index (χ4n) is 5.41. The molecule has 1 aromatic rings. The van der Waals surface area contributed by atoms with E-state index in [1.165, 1.54) is 6.07 Å². The number of nitrogens with zero attached hydrogens (tertiary/aromatic N) is 3. The molecule has 1 amide bonds. The second-order valence-electron chi connectivity index (χ2n) is 11.7. The SMILES string of the molecule is C=C/C(=C\C=C(/C)OC)CN1CCC2CN(C(=O)c3cc(CC)ccc3F)CCC21.C=CCC.CC.CC/C=C(\C/C(C)=N\N)C(C)=O. The van der Waals surface area contributed by atoms with Gasteiger partial charge in [0.2, 0.25) is 0 Å². The number of aryl methyl sites for hydroxylation is 1. The van der Waals surface area contributed by atoms with Crippen LogP contribution in [0.5, 0.6) is 0 Å². The maximum absolute atomic E-state index is 14.3. The third-order valence-corrected chi connectivity index (χ3v) is 8.27. The molecule has 0 radical (unpaired) electrons. The Balaban J connectivity index is 0.00000102. The van der Waals surface area contributed by atoms with Crippen molar-refractivity contribution in [2.75, 3.05) is 33.3 Å². The predicted octanol–water partition coefficient (Wildman–Crippen LogP) is 8.83. The van der Waals surface area contributed by atoms with Gasteiger partial charge in [0.15, 0.2) is 5.78 Å². The normalized spacial score (nSPS) is 18.2. The summed E-state index contributed by atoms with van der Waals surface area (Å²) in [5, 5.41) is 3.52. The number of allylic oxidation sites excluding steroid dienone is 6. The number of benzene rings is 1. The molecular weight excluding hydrogens is 603 g/mol. The van der Waals surface area contributed by atoms with Crippen LogP contribution in [0, 0.1) is 11.7 Å². The molecule has 3 rings (SSSR count). The maximum atomic E-state index is 14.3. The van der Waals surface area contributed by atoms with E-state index in [1.807, 2.05) is 70.7 Å². The number of nitrogens with two attached hydrogens (primary N) is 1. The zero-order valence-corrected chi connectivity index (χ0v) is 31.3. The zero-order chi connectivity index (χ0) is 36.6. The summed E-state index contributed by atoms with van der Waals surface area (Å²) < 4.78 is 19.5. The fraction of sp³-hybridized carbons (Fsp3) is 0.525. The highest BCUT2D eigenvalue weighted by atomic mass is 19.1. The second-order valence-corrected chi connectivity index (χ2v) is 11.7. The molecule has 2 aliphatic rings. The third-order valence-electron chi connectivity index (χ3n) is 8.27. The summed E-state index contributed by atoms with van der Waals surface area (Å²) >= 11 is 0. The van der Waals surface area contributed by atoms with Crippen LogP contribution >= 0.6 is 0 Å². The smallest absolute Gasteiger partial charge is 0.256 e. The number of hydrazone groups is 1. The number of ether oxygens (including phenoxy) is 1. The van der Waals surface area contributed by atoms with Crippen molar-refractivity contribution in [3.8, 4) is 0 Å². The summed E-state index contributed by atoms with van der Waals surface area (Å²) in [5.74, 6) is 5.86. The van der Waals surface area contributed by atoms with Gasteiger partial charge in [-0.1, -0.05) is 71.6 Å². The van der Waals surface area contributed by atoms with Crippen LogP contribution < -0.4 is 5.84 Å². The lowest BCUT2D eigenvalue weighted by Crippen LogP contribution is -2.48. The summed E-state index contributed by atoms with van der Waals surface area (Å²) in [6.45, 7) is 26.0. The van der Waals surface area contributed by atoms with Crippen LogP contribution in [-0.2, 0) is 16.0 Å². The van der Waals surface area contributed by atoms with Crippen molar-refractivity contribution in [2.45, 2.75) is 100.0 Å². The highest BCUT2D eigenvalue weighted by Crippen LogP contribution is 2.33. The topological polar surface area (TPSA) is 88.2 Å². The standard InChI is InChI=1S/C25H33FN2O2.C9H16N2O.C4H8.C2H6/c1-5-19-9-10-23(26)22(15-19)25(29)28-14-12-24-21(17-28)11-13-27(24)16-20(6-2)8-7-18(3)30-4;1-4-5-9(8(3)12)6-7(2)11-10;1-3-4-2;1-2/h6-10,15,21,24H,2,5,11-14,16-17H2,1,3-4H3;5H,4,6,10H2,1-3H3;3H,1,4H2,2H3;1-2H3/b18-7+,20-8+;9-5+,11-7-;;. The van der Waals surface area contributed by atoms with Crippen LogP contribution in [0.3, 0.4) is 0 Å². The van der Waals surface area contributed by atoms with E-state index in [1.54, 1.807) is 26.2 Å². The molecule has 2 heterocycles.